The lowest BCUT2D eigenvalue weighted by Gasteiger charge is -2.29. The molecule has 0 radical (unpaired) electrons. The van der Waals surface area contributed by atoms with E-state index in [9.17, 15) is 4.79 Å². The molecule has 0 aliphatic carbocycles. The van der Waals surface area contributed by atoms with E-state index in [1.165, 1.54) is 11.1 Å². The first-order chi connectivity index (χ1) is 13.2. The summed E-state index contributed by atoms with van der Waals surface area (Å²) in [4.78, 5) is 19.5. The zero-order valence-corrected chi connectivity index (χ0v) is 18.2. The van der Waals surface area contributed by atoms with Crippen LogP contribution in [0.15, 0.2) is 30.5 Å². The van der Waals surface area contributed by atoms with Crippen molar-refractivity contribution >= 4 is 36.4 Å². The Labute approximate surface area is 184 Å². The maximum atomic E-state index is 12.7. The van der Waals surface area contributed by atoms with E-state index in [2.05, 4.69) is 26.6 Å². The molecule has 0 atom stereocenters. The Hall–Kier alpha value is -1.86. The van der Waals surface area contributed by atoms with E-state index in [4.69, 9.17) is 4.74 Å². The van der Waals surface area contributed by atoms with Crippen LogP contribution in [0, 0.1) is 6.92 Å². The topological polar surface area (TPSA) is 66.5 Å². The van der Waals surface area contributed by atoms with Crippen LogP contribution < -0.4 is 15.5 Å². The Balaban J connectivity index is 0.00000150. The van der Waals surface area contributed by atoms with Gasteiger partial charge in [0.15, 0.2) is 0 Å². The van der Waals surface area contributed by atoms with E-state index in [-0.39, 0.29) is 30.7 Å². The Morgan fingerprint density at radius 1 is 1.28 bits per heavy atom. The fourth-order valence-electron chi connectivity index (χ4n) is 3.81. The Morgan fingerprint density at radius 2 is 2.07 bits per heavy atom. The molecule has 2 aliphatic heterocycles. The van der Waals surface area contributed by atoms with Crippen molar-refractivity contribution in [1.82, 2.24) is 15.6 Å². The number of fused-ring (bicyclic) bond motifs is 1. The summed E-state index contributed by atoms with van der Waals surface area (Å²) >= 11 is 0. The number of morpholine rings is 1. The van der Waals surface area contributed by atoms with Crippen LogP contribution in [-0.2, 0) is 24.2 Å². The summed E-state index contributed by atoms with van der Waals surface area (Å²) in [6.07, 6.45) is 2.93. The van der Waals surface area contributed by atoms with E-state index in [0.717, 1.165) is 62.8 Å². The number of aryl methyl sites for hydroxylation is 1. The average molecular weight is 439 g/mol. The number of amides is 1. The van der Waals surface area contributed by atoms with Gasteiger partial charge >= 0.3 is 0 Å². The standard InChI is InChI=1S/C21H26N4O2.2ClH/c1-15-20(19-5-6-22-12-17(19)13-23-15)14-24-21(26)16-3-2-4-18(11-16)25-7-9-27-10-8-25;;/h2-4,11,13,22H,5-10,12,14H2,1H3,(H,24,26);2*1H. The molecule has 0 spiro atoms. The second-order valence-corrected chi connectivity index (χ2v) is 7.09. The predicted octanol–water partition coefficient (Wildman–Crippen LogP) is 2.65. The number of rotatable bonds is 4. The first kappa shape index (κ1) is 23.4. The van der Waals surface area contributed by atoms with Gasteiger partial charge in [0.25, 0.3) is 5.91 Å². The summed E-state index contributed by atoms with van der Waals surface area (Å²) < 4.78 is 5.41. The molecule has 1 aromatic heterocycles. The first-order valence-electron chi connectivity index (χ1n) is 9.60. The fraction of sp³-hybridized carbons (Fsp3) is 0.429. The smallest absolute Gasteiger partial charge is 0.251 e. The van der Waals surface area contributed by atoms with Crippen LogP contribution in [0.1, 0.15) is 32.7 Å². The second-order valence-electron chi connectivity index (χ2n) is 7.09. The number of nitrogens with zero attached hydrogens (tertiary/aromatic N) is 2. The second kappa shape index (κ2) is 10.8. The molecule has 6 nitrogen and oxygen atoms in total. The summed E-state index contributed by atoms with van der Waals surface area (Å²) in [5, 5.41) is 6.47. The summed E-state index contributed by atoms with van der Waals surface area (Å²) in [5.41, 5.74) is 6.50. The van der Waals surface area contributed by atoms with Gasteiger partial charge in [0.05, 0.1) is 13.2 Å². The van der Waals surface area contributed by atoms with Crippen LogP contribution in [0.2, 0.25) is 0 Å². The van der Waals surface area contributed by atoms with Gasteiger partial charge in [0.2, 0.25) is 0 Å². The van der Waals surface area contributed by atoms with Crippen molar-refractivity contribution in [3.05, 3.63) is 58.4 Å². The van der Waals surface area contributed by atoms with Crippen molar-refractivity contribution in [1.29, 1.82) is 0 Å². The number of ether oxygens (including phenoxy) is 1. The SMILES string of the molecule is Cc1ncc2c(c1CNC(=O)c1cccc(N3CCOCC3)c1)CCNC2.Cl.Cl. The highest BCUT2D eigenvalue weighted by atomic mass is 35.5. The lowest BCUT2D eigenvalue weighted by Crippen LogP contribution is -2.36. The first-order valence-corrected chi connectivity index (χ1v) is 9.60. The van der Waals surface area contributed by atoms with Gasteiger partial charge in [-0.15, -0.1) is 24.8 Å². The number of carbonyl (C=O) groups is 1. The van der Waals surface area contributed by atoms with Gasteiger partial charge in [-0.2, -0.15) is 0 Å². The zero-order valence-electron chi connectivity index (χ0n) is 16.6. The maximum Gasteiger partial charge on any atom is 0.251 e. The van der Waals surface area contributed by atoms with Crippen LogP contribution in [0.4, 0.5) is 5.69 Å². The molecule has 0 bridgehead atoms. The molecule has 0 saturated carbocycles. The highest BCUT2D eigenvalue weighted by Crippen LogP contribution is 2.21. The predicted molar refractivity (Wildman–Crippen MR) is 120 cm³/mol. The highest BCUT2D eigenvalue weighted by Gasteiger charge is 2.17. The number of benzene rings is 1. The summed E-state index contributed by atoms with van der Waals surface area (Å²) in [6, 6.07) is 7.84. The number of nitrogens with one attached hydrogen (secondary N) is 2. The number of anilines is 1. The molecule has 3 heterocycles. The number of hydrogen-bond acceptors (Lipinski definition) is 5. The molecular formula is C21H28Cl2N4O2. The highest BCUT2D eigenvalue weighted by molar-refractivity contribution is 5.95. The van der Waals surface area contributed by atoms with Crippen molar-refractivity contribution in [3.8, 4) is 0 Å². The van der Waals surface area contributed by atoms with Crippen LogP contribution in [0.5, 0.6) is 0 Å². The molecular weight excluding hydrogens is 411 g/mol. The largest absolute Gasteiger partial charge is 0.378 e. The Bertz CT molecular complexity index is 841. The van der Waals surface area contributed by atoms with E-state index < -0.39 is 0 Å². The molecule has 2 N–H and O–H groups in total. The van der Waals surface area contributed by atoms with E-state index in [1.54, 1.807) is 0 Å². The van der Waals surface area contributed by atoms with Crippen molar-refractivity contribution < 1.29 is 9.53 Å². The normalized spacial score (nSPS) is 15.6. The third-order valence-corrected chi connectivity index (χ3v) is 5.38. The Morgan fingerprint density at radius 3 is 2.86 bits per heavy atom. The molecule has 1 saturated heterocycles. The third-order valence-electron chi connectivity index (χ3n) is 5.38. The van der Waals surface area contributed by atoms with Crippen molar-refractivity contribution in [3.63, 3.8) is 0 Å². The molecule has 4 rings (SSSR count). The Kier molecular flexibility index (Phi) is 8.71. The monoisotopic (exact) mass is 438 g/mol. The van der Waals surface area contributed by atoms with Gasteiger partial charge in [0, 0.05) is 49.3 Å². The number of carbonyl (C=O) groups excluding carboxylic acids is 1. The van der Waals surface area contributed by atoms with E-state index in [0.29, 0.717) is 12.1 Å². The van der Waals surface area contributed by atoms with Crippen molar-refractivity contribution in [2.75, 3.05) is 37.7 Å². The molecule has 8 heteroatoms. The molecule has 29 heavy (non-hydrogen) atoms. The molecule has 158 valence electrons. The third kappa shape index (κ3) is 5.39. The minimum absolute atomic E-state index is 0. The number of hydrogen-bond donors (Lipinski definition) is 2. The number of aromatic nitrogens is 1. The van der Waals surface area contributed by atoms with Crippen molar-refractivity contribution in [2.24, 2.45) is 0 Å². The minimum atomic E-state index is -0.0453. The summed E-state index contributed by atoms with van der Waals surface area (Å²) in [6.45, 7) is 7.54. The number of halogens is 2. The minimum Gasteiger partial charge on any atom is -0.378 e. The van der Waals surface area contributed by atoms with Gasteiger partial charge in [0.1, 0.15) is 0 Å². The van der Waals surface area contributed by atoms with Crippen molar-refractivity contribution in [2.45, 2.75) is 26.4 Å². The zero-order chi connectivity index (χ0) is 18.6. The maximum absolute atomic E-state index is 12.7. The molecule has 1 fully saturated rings. The van der Waals surface area contributed by atoms with Gasteiger partial charge < -0.3 is 20.3 Å². The van der Waals surface area contributed by atoms with E-state index >= 15 is 0 Å². The van der Waals surface area contributed by atoms with Crippen LogP contribution >= 0.6 is 24.8 Å². The molecule has 2 aromatic rings. The molecule has 2 aliphatic rings. The van der Waals surface area contributed by atoms with Crippen LogP contribution in [0.25, 0.3) is 0 Å². The molecule has 0 unspecified atom stereocenters. The van der Waals surface area contributed by atoms with Gasteiger partial charge in [-0.25, -0.2) is 0 Å². The molecule has 1 aromatic carbocycles. The lowest BCUT2D eigenvalue weighted by atomic mass is 9.96. The van der Waals surface area contributed by atoms with Gasteiger partial charge in [-0.1, -0.05) is 6.07 Å². The molecule has 1 amide bonds. The van der Waals surface area contributed by atoms with E-state index in [1.807, 2.05) is 31.3 Å². The summed E-state index contributed by atoms with van der Waals surface area (Å²) in [7, 11) is 0. The van der Waals surface area contributed by atoms with Crippen LogP contribution in [-0.4, -0.2) is 43.7 Å². The number of pyridine rings is 1. The summed E-state index contributed by atoms with van der Waals surface area (Å²) in [5.74, 6) is -0.0453. The van der Waals surface area contributed by atoms with Gasteiger partial charge in [-0.3, -0.25) is 9.78 Å². The quantitative estimate of drug-likeness (QED) is 0.767. The lowest BCUT2D eigenvalue weighted by molar-refractivity contribution is 0.0950. The van der Waals surface area contributed by atoms with Crippen LogP contribution in [0.3, 0.4) is 0 Å². The fourth-order valence-corrected chi connectivity index (χ4v) is 3.81. The average Bonchev–Trinajstić information content (AvgIpc) is 2.73. The van der Waals surface area contributed by atoms with Gasteiger partial charge in [-0.05, 0) is 54.8 Å².